The molecule has 0 aliphatic heterocycles. The summed E-state index contributed by atoms with van der Waals surface area (Å²) in [7, 11) is 0. The maximum absolute atomic E-state index is 12.7. The third kappa shape index (κ3) is 4.70. The largest absolute Gasteiger partial charge is 0.309 e. The minimum Gasteiger partial charge on any atom is -0.267 e. The van der Waals surface area contributed by atoms with Crippen LogP contribution in [0.25, 0.3) is 17.1 Å². The molecule has 0 bridgehead atoms. The summed E-state index contributed by atoms with van der Waals surface area (Å²) in [5.41, 5.74) is 4.99. The number of nitrogens with zero attached hydrogens (tertiary/aromatic N) is 4. The van der Waals surface area contributed by atoms with Crippen LogP contribution >= 0.6 is 11.6 Å². The molecule has 0 saturated heterocycles. The molecule has 2 N–H and O–H groups in total. The molecule has 0 spiro atoms. The van der Waals surface area contributed by atoms with Crippen molar-refractivity contribution in [1.82, 2.24) is 25.6 Å². The highest BCUT2D eigenvalue weighted by Gasteiger charge is 2.23. The normalized spacial score (nSPS) is 10.5. The fourth-order valence-corrected chi connectivity index (χ4v) is 3.18. The third-order valence-electron chi connectivity index (χ3n) is 4.53. The number of carbonyl (C=O) groups excluding carboxylic acids is 2. The Balaban J connectivity index is 1.59. The number of para-hydroxylation sites is 1. The first-order valence-corrected chi connectivity index (χ1v) is 9.94. The van der Waals surface area contributed by atoms with Crippen LogP contribution in [0.5, 0.6) is 0 Å². The van der Waals surface area contributed by atoms with Crippen LogP contribution < -0.4 is 10.9 Å². The molecule has 1 heterocycles. The Morgan fingerprint density at radius 1 is 0.909 bits per heavy atom. The van der Waals surface area contributed by atoms with E-state index in [0.29, 0.717) is 11.5 Å². The van der Waals surface area contributed by atoms with Crippen LogP contribution in [0.15, 0.2) is 78.9 Å². The molecule has 0 radical (unpaired) electrons. The number of nitro benzene ring substituents is 1. The van der Waals surface area contributed by atoms with E-state index in [9.17, 15) is 19.7 Å². The Bertz CT molecular complexity index is 1280. The summed E-state index contributed by atoms with van der Waals surface area (Å²) in [4.78, 5) is 39.9. The van der Waals surface area contributed by atoms with E-state index in [2.05, 4.69) is 20.9 Å². The van der Waals surface area contributed by atoms with Gasteiger partial charge in [0.05, 0.1) is 10.6 Å². The van der Waals surface area contributed by atoms with Crippen LogP contribution in [-0.2, 0) is 0 Å². The second-order valence-corrected chi connectivity index (χ2v) is 7.14. The number of amides is 2. The molecule has 0 aliphatic carbocycles. The molecule has 0 atom stereocenters. The third-order valence-corrected chi connectivity index (χ3v) is 4.77. The number of hydrogen-bond donors (Lipinski definition) is 2. The van der Waals surface area contributed by atoms with Gasteiger partial charge in [0.25, 0.3) is 11.6 Å². The lowest BCUT2D eigenvalue weighted by Gasteiger charge is -2.06. The maximum atomic E-state index is 12.7. The van der Waals surface area contributed by atoms with Gasteiger partial charge in [0.15, 0.2) is 5.82 Å². The van der Waals surface area contributed by atoms with Gasteiger partial charge in [-0.1, -0.05) is 60.1 Å². The summed E-state index contributed by atoms with van der Waals surface area (Å²) in [5, 5.41) is 15.6. The number of nitrogens with one attached hydrogen (secondary N) is 2. The van der Waals surface area contributed by atoms with Crippen molar-refractivity contribution >= 4 is 29.1 Å². The van der Waals surface area contributed by atoms with Crippen LogP contribution in [0.2, 0.25) is 5.02 Å². The van der Waals surface area contributed by atoms with E-state index in [-0.39, 0.29) is 16.4 Å². The van der Waals surface area contributed by atoms with Crippen molar-refractivity contribution in [3.05, 3.63) is 105 Å². The van der Waals surface area contributed by atoms with Crippen molar-refractivity contribution in [1.29, 1.82) is 0 Å². The average molecular weight is 463 g/mol. The first-order chi connectivity index (χ1) is 15.9. The number of hydrogen-bond acceptors (Lipinski definition) is 6. The summed E-state index contributed by atoms with van der Waals surface area (Å²) >= 11 is 5.77. The molecule has 0 unspecified atom stereocenters. The van der Waals surface area contributed by atoms with Crippen LogP contribution in [0.1, 0.15) is 21.0 Å². The van der Waals surface area contributed by atoms with Gasteiger partial charge in [0, 0.05) is 16.7 Å². The summed E-state index contributed by atoms with van der Waals surface area (Å²) in [6, 6.07) is 21.9. The Kier molecular flexibility index (Phi) is 6.09. The number of aromatic nitrogens is 3. The molecule has 4 aromatic rings. The first kappa shape index (κ1) is 21.7. The molecule has 0 fully saturated rings. The molecular formula is C22H15ClN6O4. The van der Waals surface area contributed by atoms with E-state index >= 15 is 0 Å². The summed E-state index contributed by atoms with van der Waals surface area (Å²) < 4.78 is 1.51. The zero-order valence-electron chi connectivity index (χ0n) is 16.8. The fraction of sp³-hybridized carbons (Fsp3) is 0. The molecule has 0 saturated carbocycles. The lowest BCUT2D eigenvalue weighted by atomic mass is 10.2. The summed E-state index contributed by atoms with van der Waals surface area (Å²) in [5.74, 6) is -1.47. The monoisotopic (exact) mass is 462 g/mol. The number of carbonyl (C=O) groups is 2. The van der Waals surface area contributed by atoms with Gasteiger partial charge in [-0.15, -0.1) is 5.10 Å². The highest BCUT2D eigenvalue weighted by atomic mass is 35.5. The number of rotatable bonds is 5. The molecule has 3 aromatic carbocycles. The van der Waals surface area contributed by atoms with Crippen molar-refractivity contribution in [3.8, 4) is 17.1 Å². The van der Waals surface area contributed by atoms with Gasteiger partial charge >= 0.3 is 5.91 Å². The first-order valence-electron chi connectivity index (χ1n) is 9.56. The number of nitro groups is 1. The van der Waals surface area contributed by atoms with Crippen molar-refractivity contribution in [2.24, 2.45) is 0 Å². The lowest BCUT2D eigenvalue weighted by Crippen LogP contribution is -2.42. The van der Waals surface area contributed by atoms with Crippen LogP contribution in [0.4, 0.5) is 5.69 Å². The summed E-state index contributed by atoms with van der Waals surface area (Å²) in [6.45, 7) is 0. The predicted molar refractivity (Wildman–Crippen MR) is 120 cm³/mol. The van der Waals surface area contributed by atoms with Gasteiger partial charge in [0.1, 0.15) is 5.56 Å². The average Bonchev–Trinajstić information content (AvgIpc) is 3.29. The maximum Gasteiger partial charge on any atom is 0.309 e. The topological polar surface area (TPSA) is 132 Å². The van der Waals surface area contributed by atoms with Gasteiger partial charge < -0.3 is 0 Å². The molecule has 164 valence electrons. The minimum absolute atomic E-state index is 0.103. The molecular weight excluding hydrogens is 448 g/mol. The molecule has 33 heavy (non-hydrogen) atoms. The van der Waals surface area contributed by atoms with Gasteiger partial charge in [-0.05, 0) is 24.3 Å². The number of halogens is 1. The zero-order valence-corrected chi connectivity index (χ0v) is 17.6. The van der Waals surface area contributed by atoms with E-state index in [1.165, 1.54) is 16.8 Å². The van der Waals surface area contributed by atoms with Crippen molar-refractivity contribution in [3.63, 3.8) is 0 Å². The van der Waals surface area contributed by atoms with Crippen molar-refractivity contribution < 1.29 is 14.5 Å². The number of hydrazine groups is 1. The standard InChI is InChI=1S/C22H15ClN6O4/c23-15-11-12-17(18(13-15)29(32)33)21(30)25-26-22(31)19-24-20(14-7-3-1-4-8-14)28(27-19)16-9-5-2-6-10-16/h1-13H,(H,25,30)(H,26,31). The van der Waals surface area contributed by atoms with E-state index in [1.807, 2.05) is 60.7 Å². The van der Waals surface area contributed by atoms with Crippen molar-refractivity contribution in [2.75, 3.05) is 0 Å². The highest BCUT2D eigenvalue weighted by Crippen LogP contribution is 2.23. The summed E-state index contributed by atoms with van der Waals surface area (Å²) in [6.07, 6.45) is 0. The van der Waals surface area contributed by atoms with E-state index in [0.717, 1.165) is 11.6 Å². The second-order valence-electron chi connectivity index (χ2n) is 6.70. The van der Waals surface area contributed by atoms with Gasteiger partial charge in [-0.2, -0.15) is 0 Å². The zero-order chi connectivity index (χ0) is 23.4. The van der Waals surface area contributed by atoms with Crippen molar-refractivity contribution in [2.45, 2.75) is 0 Å². The number of benzene rings is 3. The molecule has 10 nitrogen and oxygen atoms in total. The van der Waals surface area contributed by atoms with E-state index in [4.69, 9.17) is 11.6 Å². The highest BCUT2D eigenvalue weighted by molar-refractivity contribution is 6.31. The second kappa shape index (κ2) is 9.28. The van der Waals surface area contributed by atoms with E-state index in [1.54, 1.807) is 0 Å². The Labute approximate surface area is 192 Å². The Morgan fingerprint density at radius 3 is 2.21 bits per heavy atom. The van der Waals surface area contributed by atoms with Gasteiger partial charge in [0.2, 0.25) is 5.82 Å². The Morgan fingerprint density at radius 2 is 1.55 bits per heavy atom. The van der Waals surface area contributed by atoms with Gasteiger partial charge in [-0.3, -0.25) is 30.6 Å². The van der Waals surface area contributed by atoms with E-state index < -0.39 is 22.4 Å². The minimum atomic E-state index is -0.891. The molecule has 2 amide bonds. The smallest absolute Gasteiger partial charge is 0.267 e. The van der Waals surface area contributed by atoms with Crippen LogP contribution in [-0.4, -0.2) is 31.5 Å². The molecule has 4 rings (SSSR count). The predicted octanol–water partition coefficient (Wildman–Crippen LogP) is 3.57. The SMILES string of the molecule is O=C(NNC(=O)c1ccc(Cl)cc1[N+](=O)[O-])c1nc(-c2ccccc2)n(-c2ccccc2)n1. The molecule has 1 aromatic heterocycles. The molecule has 0 aliphatic rings. The molecule has 11 heteroatoms. The van der Waals surface area contributed by atoms with Crippen LogP contribution in [0.3, 0.4) is 0 Å². The van der Waals surface area contributed by atoms with Gasteiger partial charge in [-0.25, -0.2) is 9.67 Å². The van der Waals surface area contributed by atoms with Crippen LogP contribution in [0, 0.1) is 10.1 Å². The lowest BCUT2D eigenvalue weighted by molar-refractivity contribution is -0.385. The fourth-order valence-electron chi connectivity index (χ4n) is 3.02. The quantitative estimate of drug-likeness (QED) is 0.344. The Hall–Kier alpha value is -4.57.